The van der Waals surface area contributed by atoms with Crippen LogP contribution in [0.5, 0.6) is 0 Å². The molecule has 1 aromatic rings. The third-order valence-corrected chi connectivity index (χ3v) is 4.03. The molecule has 0 bridgehead atoms. The van der Waals surface area contributed by atoms with Crippen LogP contribution in [0.2, 0.25) is 0 Å². The topological polar surface area (TPSA) is 143 Å². The number of nitrogens with one attached hydrogen (secondary N) is 3. The third-order valence-electron chi connectivity index (χ3n) is 4.03. The number of aliphatic hydroxyl groups is 1. The Bertz CT molecular complexity index is 762. The Kier molecular flexibility index (Phi) is 9.94. The molecular formula is C21H31N3O7. The standard InChI is InChI=1S/C21H31N3O7/c1-13(17(26)23-16(12-25)19(28)30-5)22-18(27)15(11-14-9-7-6-8-10-14)24-20(29)31-21(2,3)4/h6-10,13,15-16,25H,11-12H2,1-5H3,(H,22,27)(H,23,26)(H,24,29)/t13-,15-,16-/m1/s1. The SMILES string of the molecule is COC(=O)[C@@H](CO)NC(=O)[C@@H](C)NC(=O)[C@@H](Cc1ccccc1)NC(=O)OC(C)(C)C. The molecule has 0 unspecified atom stereocenters. The minimum absolute atomic E-state index is 0.168. The van der Waals surface area contributed by atoms with Gasteiger partial charge in [0.15, 0.2) is 6.04 Å². The number of benzene rings is 1. The van der Waals surface area contributed by atoms with Crippen LogP contribution >= 0.6 is 0 Å². The van der Waals surface area contributed by atoms with Gasteiger partial charge < -0.3 is 30.5 Å². The van der Waals surface area contributed by atoms with Crippen molar-refractivity contribution in [3.63, 3.8) is 0 Å². The molecule has 0 spiro atoms. The van der Waals surface area contributed by atoms with E-state index in [2.05, 4.69) is 20.7 Å². The van der Waals surface area contributed by atoms with Crippen LogP contribution in [0.4, 0.5) is 4.79 Å². The molecule has 0 aliphatic carbocycles. The van der Waals surface area contributed by atoms with Crippen LogP contribution in [0.3, 0.4) is 0 Å². The number of carbonyl (C=O) groups is 4. The summed E-state index contributed by atoms with van der Waals surface area (Å²) in [5.74, 6) is -2.13. The fraction of sp³-hybridized carbons (Fsp3) is 0.524. The van der Waals surface area contributed by atoms with Crippen LogP contribution in [0.15, 0.2) is 30.3 Å². The summed E-state index contributed by atoms with van der Waals surface area (Å²) in [5.41, 5.74) is 0.0416. The Hall–Kier alpha value is -3.14. The zero-order valence-electron chi connectivity index (χ0n) is 18.4. The van der Waals surface area contributed by atoms with Crippen LogP contribution in [0.1, 0.15) is 33.3 Å². The van der Waals surface area contributed by atoms with E-state index < -0.39 is 54.2 Å². The summed E-state index contributed by atoms with van der Waals surface area (Å²) >= 11 is 0. The van der Waals surface area contributed by atoms with Crippen molar-refractivity contribution in [2.75, 3.05) is 13.7 Å². The Morgan fingerprint density at radius 2 is 1.58 bits per heavy atom. The molecule has 0 radical (unpaired) electrons. The lowest BCUT2D eigenvalue weighted by Gasteiger charge is -2.25. The fourth-order valence-electron chi connectivity index (χ4n) is 2.51. The molecule has 0 fully saturated rings. The summed E-state index contributed by atoms with van der Waals surface area (Å²) in [5, 5.41) is 16.5. The fourth-order valence-corrected chi connectivity index (χ4v) is 2.51. The maximum absolute atomic E-state index is 12.8. The van der Waals surface area contributed by atoms with E-state index >= 15 is 0 Å². The molecule has 4 N–H and O–H groups in total. The molecule has 0 saturated carbocycles. The molecule has 10 heteroatoms. The highest BCUT2D eigenvalue weighted by molar-refractivity contribution is 5.93. The molecule has 0 aromatic heterocycles. The van der Waals surface area contributed by atoms with E-state index in [0.29, 0.717) is 0 Å². The third kappa shape index (κ3) is 9.47. The van der Waals surface area contributed by atoms with Gasteiger partial charge in [-0.05, 0) is 33.3 Å². The van der Waals surface area contributed by atoms with Crippen LogP contribution in [-0.2, 0) is 30.3 Å². The Morgan fingerprint density at radius 1 is 0.968 bits per heavy atom. The van der Waals surface area contributed by atoms with Crippen molar-refractivity contribution >= 4 is 23.9 Å². The van der Waals surface area contributed by atoms with Crippen molar-refractivity contribution in [3.8, 4) is 0 Å². The Morgan fingerprint density at radius 3 is 2.10 bits per heavy atom. The summed E-state index contributed by atoms with van der Waals surface area (Å²) in [6.07, 6.45) is -0.603. The van der Waals surface area contributed by atoms with Crippen molar-refractivity contribution in [1.29, 1.82) is 0 Å². The summed E-state index contributed by atoms with van der Waals surface area (Å²) in [6, 6.07) is 5.71. The van der Waals surface area contributed by atoms with Gasteiger partial charge in [0.05, 0.1) is 13.7 Å². The van der Waals surface area contributed by atoms with Crippen LogP contribution in [0.25, 0.3) is 0 Å². The van der Waals surface area contributed by atoms with Gasteiger partial charge in [0, 0.05) is 6.42 Å². The van der Waals surface area contributed by atoms with Gasteiger partial charge in [0.25, 0.3) is 0 Å². The van der Waals surface area contributed by atoms with Crippen molar-refractivity contribution in [2.45, 2.75) is 57.8 Å². The lowest BCUT2D eigenvalue weighted by molar-refractivity contribution is -0.146. The average molecular weight is 437 g/mol. The second-order valence-corrected chi connectivity index (χ2v) is 7.89. The molecule has 3 atom stereocenters. The molecule has 31 heavy (non-hydrogen) atoms. The van der Waals surface area contributed by atoms with Crippen molar-refractivity contribution < 1.29 is 33.8 Å². The summed E-state index contributed by atoms with van der Waals surface area (Å²) in [7, 11) is 1.12. The van der Waals surface area contributed by atoms with E-state index in [9.17, 15) is 24.3 Å². The van der Waals surface area contributed by atoms with E-state index in [1.807, 2.05) is 6.07 Å². The first-order valence-electron chi connectivity index (χ1n) is 9.79. The molecular weight excluding hydrogens is 406 g/mol. The molecule has 0 saturated heterocycles. The first kappa shape index (κ1) is 25.9. The van der Waals surface area contributed by atoms with E-state index in [0.717, 1.165) is 12.7 Å². The van der Waals surface area contributed by atoms with Gasteiger partial charge in [0.1, 0.15) is 17.7 Å². The normalized spacial score (nSPS) is 13.9. The predicted octanol–water partition coefficient (Wildman–Crippen LogP) is 0.277. The first-order chi connectivity index (χ1) is 14.5. The zero-order valence-corrected chi connectivity index (χ0v) is 18.4. The van der Waals surface area contributed by atoms with Gasteiger partial charge >= 0.3 is 12.1 Å². The molecule has 172 valence electrons. The monoisotopic (exact) mass is 437 g/mol. The number of methoxy groups -OCH3 is 1. The summed E-state index contributed by atoms with van der Waals surface area (Å²) in [6.45, 7) is 5.85. The van der Waals surface area contributed by atoms with Gasteiger partial charge in [-0.1, -0.05) is 30.3 Å². The zero-order chi connectivity index (χ0) is 23.6. The van der Waals surface area contributed by atoms with Crippen molar-refractivity contribution in [3.05, 3.63) is 35.9 Å². The number of amides is 3. The number of rotatable bonds is 9. The van der Waals surface area contributed by atoms with Crippen molar-refractivity contribution in [2.24, 2.45) is 0 Å². The highest BCUT2D eigenvalue weighted by Crippen LogP contribution is 2.09. The number of alkyl carbamates (subject to hydrolysis) is 1. The second-order valence-electron chi connectivity index (χ2n) is 7.89. The number of hydrogen-bond acceptors (Lipinski definition) is 7. The van der Waals surface area contributed by atoms with E-state index in [1.54, 1.807) is 45.0 Å². The van der Waals surface area contributed by atoms with Crippen LogP contribution in [0, 0.1) is 0 Å². The lowest BCUT2D eigenvalue weighted by atomic mass is 10.0. The molecule has 0 heterocycles. The number of carbonyl (C=O) groups excluding carboxylic acids is 4. The largest absolute Gasteiger partial charge is 0.467 e. The summed E-state index contributed by atoms with van der Waals surface area (Å²) in [4.78, 5) is 48.8. The van der Waals surface area contributed by atoms with Crippen LogP contribution < -0.4 is 16.0 Å². The lowest BCUT2D eigenvalue weighted by Crippen LogP contribution is -2.56. The van der Waals surface area contributed by atoms with Gasteiger partial charge in [-0.2, -0.15) is 0 Å². The van der Waals surface area contributed by atoms with Gasteiger partial charge in [-0.15, -0.1) is 0 Å². The molecule has 3 amide bonds. The number of hydrogen-bond donors (Lipinski definition) is 4. The van der Waals surface area contributed by atoms with E-state index in [1.165, 1.54) is 6.92 Å². The maximum Gasteiger partial charge on any atom is 0.408 e. The molecule has 1 rings (SSSR count). The van der Waals surface area contributed by atoms with E-state index in [-0.39, 0.29) is 6.42 Å². The second kappa shape index (κ2) is 11.9. The van der Waals surface area contributed by atoms with Gasteiger partial charge in [-0.25, -0.2) is 9.59 Å². The van der Waals surface area contributed by atoms with Gasteiger partial charge in [-0.3, -0.25) is 9.59 Å². The first-order valence-corrected chi connectivity index (χ1v) is 9.79. The minimum Gasteiger partial charge on any atom is -0.467 e. The smallest absolute Gasteiger partial charge is 0.408 e. The predicted molar refractivity (Wildman–Crippen MR) is 112 cm³/mol. The number of aliphatic hydroxyl groups excluding tert-OH is 1. The van der Waals surface area contributed by atoms with Gasteiger partial charge in [0.2, 0.25) is 11.8 Å². The molecule has 10 nitrogen and oxygen atoms in total. The summed E-state index contributed by atoms with van der Waals surface area (Å²) < 4.78 is 9.72. The highest BCUT2D eigenvalue weighted by atomic mass is 16.6. The minimum atomic E-state index is -1.25. The van der Waals surface area contributed by atoms with E-state index in [4.69, 9.17) is 4.74 Å². The highest BCUT2D eigenvalue weighted by Gasteiger charge is 2.28. The Balaban J connectivity index is 2.86. The number of esters is 1. The molecule has 0 aliphatic heterocycles. The maximum atomic E-state index is 12.8. The molecule has 0 aliphatic rings. The van der Waals surface area contributed by atoms with Crippen molar-refractivity contribution in [1.82, 2.24) is 16.0 Å². The number of ether oxygens (including phenoxy) is 2. The Labute approximate surface area is 181 Å². The average Bonchev–Trinajstić information content (AvgIpc) is 2.69. The quantitative estimate of drug-likeness (QED) is 0.406. The molecule has 1 aromatic carbocycles. The van der Waals surface area contributed by atoms with Crippen LogP contribution in [-0.4, -0.2) is 66.4 Å².